The first-order valence-corrected chi connectivity index (χ1v) is 12.6. The Balaban J connectivity index is 5.45. The molecule has 0 spiro atoms. The maximum absolute atomic E-state index is 14.0. The minimum atomic E-state index is -8.61. The van der Waals surface area contributed by atoms with Crippen molar-refractivity contribution < 1.29 is 74.6 Å². The monoisotopic (exact) mass is 664 g/mol. The van der Waals surface area contributed by atoms with Crippen LogP contribution in [0.4, 0.5) is 74.6 Å². The molecule has 0 radical (unpaired) electrons. The van der Waals surface area contributed by atoms with Gasteiger partial charge in [0.2, 0.25) is 0 Å². The molecule has 0 aliphatic rings. The molecule has 0 heterocycles. The molecule has 0 aromatic carbocycles. The van der Waals surface area contributed by atoms with Crippen LogP contribution < -0.4 is 0 Å². The molecule has 0 aliphatic carbocycles. The lowest BCUT2D eigenvalue weighted by molar-refractivity contribution is -0.461. The van der Waals surface area contributed by atoms with E-state index in [2.05, 4.69) is 0 Å². The van der Waals surface area contributed by atoms with Crippen LogP contribution in [0.25, 0.3) is 0 Å². The van der Waals surface area contributed by atoms with Gasteiger partial charge in [0.25, 0.3) is 0 Å². The highest BCUT2D eigenvalue weighted by molar-refractivity contribution is 6.20. The first-order valence-electron chi connectivity index (χ1n) is 12.2. The van der Waals surface area contributed by atoms with Gasteiger partial charge in [-0.15, -0.1) is 11.6 Å². The number of unbranched alkanes of at least 4 members (excludes halogenated alkanes) is 5. The summed E-state index contributed by atoms with van der Waals surface area (Å²) in [6.07, 6.45) is -6.76. The van der Waals surface area contributed by atoms with Gasteiger partial charge >= 0.3 is 47.6 Å². The number of hydrogen-bond acceptors (Lipinski definition) is 0. The van der Waals surface area contributed by atoms with Crippen molar-refractivity contribution in [1.82, 2.24) is 0 Å². The molecule has 41 heavy (non-hydrogen) atoms. The van der Waals surface area contributed by atoms with E-state index in [0.717, 1.165) is 25.7 Å². The normalized spacial score (nSPS) is 16.3. The summed E-state index contributed by atoms with van der Waals surface area (Å²) in [5.74, 6) is -56.1. The molecule has 248 valence electrons. The molecule has 18 heteroatoms. The van der Waals surface area contributed by atoms with Crippen LogP contribution in [0.2, 0.25) is 0 Å². The molecule has 0 nitrogen and oxygen atoms in total. The van der Waals surface area contributed by atoms with Crippen molar-refractivity contribution in [3.05, 3.63) is 0 Å². The van der Waals surface area contributed by atoms with Crippen LogP contribution in [0, 0.1) is 5.41 Å². The zero-order valence-corrected chi connectivity index (χ0v) is 22.7. The summed E-state index contributed by atoms with van der Waals surface area (Å²) in [5, 5.41) is -1.44. The second-order valence-corrected chi connectivity index (χ2v) is 11.6. The van der Waals surface area contributed by atoms with Crippen molar-refractivity contribution in [2.24, 2.45) is 5.41 Å². The van der Waals surface area contributed by atoms with E-state index in [0.29, 0.717) is 12.8 Å². The van der Waals surface area contributed by atoms with Crippen LogP contribution >= 0.6 is 11.6 Å². The zero-order valence-electron chi connectivity index (χ0n) is 22.0. The third kappa shape index (κ3) is 8.39. The lowest BCUT2D eigenvalue weighted by Crippen LogP contribution is -2.74. The quantitative estimate of drug-likeness (QED) is 0.0825. The highest BCUT2D eigenvalue weighted by Gasteiger charge is 2.95. The summed E-state index contributed by atoms with van der Waals surface area (Å²) < 4.78 is 226. The largest absolute Gasteiger partial charge is 0.460 e. The molecule has 0 saturated heterocycles. The van der Waals surface area contributed by atoms with Gasteiger partial charge < -0.3 is 0 Å². The van der Waals surface area contributed by atoms with Crippen molar-refractivity contribution in [2.45, 2.75) is 138 Å². The maximum atomic E-state index is 14.0. The summed E-state index contributed by atoms with van der Waals surface area (Å²) in [6, 6.07) is 0. The van der Waals surface area contributed by atoms with Gasteiger partial charge in [-0.2, -0.15) is 74.6 Å². The SMILES string of the molecule is CC(C)(C)CCCCCCCCC(Cl)CCC(F)(F)C(F)(F)C(F)(F)C(F)(F)C(F)(F)C(F)(F)C(F)(F)C(F)(F)F. The first kappa shape index (κ1) is 40.1. The molecular formula is C23H30ClF17. The van der Waals surface area contributed by atoms with Gasteiger partial charge in [-0.05, 0) is 24.7 Å². The fourth-order valence-electron chi connectivity index (χ4n) is 3.56. The van der Waals surface area contributed by atoms with Crippen molar-refractivity contribution in [1.29, 1.82) is 0 Å². The summed E-state index contributed by atoms with van der Waals surface area (Å²) in [5.41, 5.74) is 0.137. The highest BCUT2D eigenvalue weighted by Crippen LogP contribution is 2.64. The molecular weight excluding hydrogens is 635 g/mol. The van der Waals surface area contributed by atoms with Crippen LogP contribution in [0.3, 0.4) is 0 Å². The predicted octanol–water partition coefficient (Wildman–Crippen LogP) is 11.6. The molecule has 0 rings (SSSR count). The van der Waals surface area contributed by atoms with Gasteiger partial charge in [-0.25, -0.2) is 0 Å². The third-order valence-electron chi connectivity index (χ3n) is 6.25. The first-order chi connectivity index (χ1) is 17.9. The van der Waals surface area contributed by atoms with Crippen molar-refractivity contribution in [2.75, 3.05) is 0 Å². The maximum Gasteiger partial charge on any atom is 0.460 e. The van der Waals surface area contributed by atoms with Gasteiger partial charge in [0, 0.05) is 11.8 Å². The molecule has 0 saturated carbocycles. The minimum absolute atomic E-state index is 0.137. The summed E-state index contributed by atoms with van der Waals surface area (Å²) in [4.78, 5) is 0. The molecule has 0 N–H and O–H groups in total. The van der Waals surface area contributed by atoms with Crippen LogP contribution in [0.15, 0.2) is 0 Å². The minimum Gasteiger partial charge on any atom is -0.200 e. The lowest BCUT2D eigenvalue weighted by Gasteiger charge is -2.42. The van der Waals surface area contributed by atoms with E-state index in [1.54, 1.807) is 0 Å². The Labute approximate surface area is 230 Å². The van der Waals surface area contributed by atoms with Crippen LogP contribution in [0.5, 0.6) is 0 Å². The Hall–Kier alpha value is -0.900. The fourth-order valence-corrected chi connectivity index (χ4v) is 3.83. The Morgan fingerprint density at radius 2 is 0.756 bits per heavy atom. The van der Waals surface area contributed by atoms with Crippen molar-refractivity contribution >= 4 is 11.6 Å². The molecule has 0 aromatic rings. The molecule has 0 aromatic heterocycles. The van der Waals surface area contributed by atoms with E-state index in [1.807, 2.05) is 20.8 Å². The van der Waals surface area contributed by atoms with Gasteiger partial charge in [0.1, 0.15) is 0 Å². The summed E-state index contributed by atoms with van der Waals surface area (Å²) >= 11 is 5.66. The summed E-state index contributed by atoms with van der Waals surface area (Å²) in [6.45, 7) is 6.15. The van der Waals surface area contributed by atoms with Crippen LogP contribution in [0.1, 0.15) is 85.0 Å². The molecule has 0 amide bonds. The van der Waals surface area contributed by atoms with Crippen LogP contribution in [-0.4, -0.2) is 53.0 Å². The average Bonchev–Trinajstić information content (AvgIpc) is 2.77. The molecule has 1 atom stereocenters. The Morgan fingerprint density at radius 3 is 1.15 bits per heavy atom. The Bertz CT molecular complexity index is 812. The van der Waals surface area contributed by atoms with E-state index < -0.39 is 65.9 Å². The van der Waals surface area contributed by atoms with Crippen molar-refractivity contribution in [3.8, 4) is 0 Å². The average molecular weight is 665 g/mol. The van der Waals surface area contributed by atoms with Crippen LogP contribution in [-0.2, 0) is 0 Å². The smallest absolute Gasteiger partial charge is 0.200 e. The van der Waals surface area contributed by atoms with E-state index >= 15 is 0 Å². The third-order valence-corrected chi connectivity index (χ3v) is 6.69. The zero-order chi connectivity index (χ0) is 33.1. The van der Waals surface area contributed by atoms with E-state index in [4.69, 9.17) is 11.6 Å². The molecule has 0 aliphatic heterocycles. The second-order valence-electron chi connectivity index (χ2n) is 11.0. The Morgan fingerprint density at radius 1 is 0.415 bits per heavy atom. The van der Waals surface area contributed by atoms with E-state index in [9.17, 15) is 74.6 Å². The number of hydrogen-bond donors (Lipinski definition) is 0. The number of halogens is 18. The highest BCUT2D eigenvalue weighted by atomic mass is 35.5. The molecule has 1 unspecified atom stereocenters. The molecule has 0 bridgehead atoms. The second kappa shape index (κ2) is 13.0. The Kier molecular flexibility index (Phi) is 12.7. The number of alkyl halides is 18. The van der Waals surface area contributed by atoms with Gasteiger partial charge in [-0.1, -0.05) is 59.3 Å². The standard InChI is InChI=1S/C23H30ClF17/c1-15(2,3)12-9-7-5-4-6-8-10-14(24)11-13-16(25,26)17(27,28)18(29,30)19(31,32)20(33,34)21(35,36)22(37,38)23(39,40)41/h14H,4-13H2,1-3H3. The van der Waals surface area contributed by atoms with E-state index in [-0.39, 0.29) is 18.3 Å². The fraction of sp³-hybridized carbons (Fsp3) is 1.00. The van der Waals surface area contributed by atoms with Crippen molar-refractivity contribution in [3.63, 3.8) is 0 Å². The predicted molar refractivity (Wildman–Crippen MR) is 116 cm³/mol. The van der Waals surface area contributed by atoms with Gasteiger partial charge in [0.15, 0.2) is 0 Å². The number of rotatable bonds is 17. The summed E-state index contributed by atoms with van der Waals surface area (Å²) in [7, 11) is 0. The topological polar surface area (TPSA) is 0 Å². The van der Waals surface area contributed by atoms with E-state index in [1.165, 1.54) is 0 Å². The molecule has 0 fully saturated rings. The lowest BCUT2D eigenvalue weighted by atomic mass is 9.87. The van der Waals surface area contributed by atoms with Gasteiger partial charge in [0.05, 0.1) is 0 Å². The van der Waals surface area contributed by atoms with Gasteiger partial charge in [-0.3, -0.25) is 0 Å².